The minimum atomic E-state index is -0.157. The molecule has 6 heteroatoms. The number of carbonyl (C=O) groups excluding carboxylic acids is 1. The van der Waals surface area contributed by atoms with Gasteiger partial charge in [-0.15, -0.1) is 11.3 Å². The van der Waals surface area contributed by atoms with Gasteiger partial charge in [-0.05, 0) is 25.1 Å². The number of aryl methyl sites for hydroxylation is 1. The molecular formula is C14H16N2O3S. The number of phenols is 1. The molecule has 0 saturated carbocycles. The first-order valence-corrected chi connectivity index (χ1v) is 6.92. The number of phenolic OH excluding ortho intramolecular Hbond substituents is 1. The van der Waals surface area contributed by atoms with Crippen molar-refractivity contribution in [2.24, 2.45) is 0 Å². The van der Waals surface area contributed by atoms with Crippen LogP contribution in [0.2, 0.25) is 0 Å². The van der Waals surface area contributed by atoms with Crippen LogP contribution < -0.4 is 4.74 Å². The molecule has 20 heavy (non-hydrogen) atoms. The van der Waals surface area contributed by atoms with E-state index in [2.05, 4.69) is 4.98 Å². The number of aromatic nitrogens is 1. The molecule has 0 unspecified atom stereocenters. The lowest BCUT2D eigenvalue weighted by atomic mass is 10.1. The monoisotopic (exact) mass is 292 g/mol. The number of hydrogen-bond donors (Lipinski definition) is 1. The molecule has 0 spiro atoms. The highest BCUT2D eigenvalue weighted by Crippen LogP contribution is 2.27. The molecule has 0 aliphatic heterocycles. The zero-order chi connectivity index (χ0) is 14.7. The summed E-state index contributed by atoms with van der Waals surface area (Å²) in [6.07, 6.45) is 0. The van der Waals surface area contributed by atoms with E-state index in [0.29, 0.717) is 17.9 Å². The highest BCUT2D eigenvalue weighted by molar-refractivity contribution is 7.09. The molecule has 0 saturated heterocycles. The Hall–Kier alpha value is -2.08. The molecule has 0 bridgehead atoms. The predicted octanol–water partition coefficient (Wildman–Crippen LogP) is 2.44. The van der Waals surface area contributed by atoms with Gasteiger partial charge in [0.2, 0.25) is 0 Å². The van der Waals surface area contributed by atoms with Gasteiger partial charge >= 0.3 is 0 Å². The van der Waals surface area contributed by atoms with Gasteiger partial charge in [0.25, 0.3) is 5.91 Å². The smallest absolute Gasteiger partial charge is 0.254 e. The lowest BCUT2D eigenvalue weighted by Crippen LogP contribution is -2.26. The maximum atomic E-state index is 12.3. The number of thiazole rings is 1. The Bertz CT molecular complexity index is 625. The summed E-state index contributed by atoms with van der Waals surface area (Å²) < 4.78 is 4.96. The van der Waals surface area contributed by atoms with Crippen molar-refractivity contribution < 1.29 is 14.6 Å². The van der Waals surface area contributed by atoms with Crippen molar-refractivity contribution in [2.75, 3.05) is 14.2 Å². The quantitative estimate of drug-likeness (QED) is 0.940. The Morgan fingerprint density at radius 1 is 1.50 bits per heavy atom. The van der Waals surface area contributed by atoms with Crippen LogP contribution in [0.3, 0.4) is 0 Å². The molecule has 2 aromatic rings. The molecule has 1 amide bonds. The molecule has 0 fully saturated rings. The maximum absolute atomic E-state index is 12.3. The van der Waals surface area contributed by atoms with Gasteiger partial charge in [-0.25, -0.2) is 4.98 Å². The van der Waals surface area contributed by atoms with Crippen LogP contribution in [0.25, 0.3) is 0 Å². The molecule has 106 valence electrons. The summed E-state index contributed by atoms with van der Waals surface area (Å²) in [5.41, 5.74) is 3.13. The molecule has 0 aliphatic rings. The highest BCUT2D eigenvalue weighted by atomic mass is 32.1. The van der Waals surface area contributed by atoms with Crippen molar-refractivity contribution in [3.8, 4) is 11.5 Å². The molecule has 1 aromatic heterocycles. The van der Waals surface area contributed by atoms with Crippen molar-refractivity contribution in [3.05, 3.63) is 39.8 Å². The van der Waals surface area contributed by atoms with Crippen molar-refractivity contribution in [1.82, 2.24) is 9.88 Å². The fraction of sp³-hybridized carbons (Fsp3) is 0.286. The number of carbonyl (C=O) groups is 1. The Labute approximate surface area is 121 Å². The van der Waals surface area contributed by atoms with Crippen LogP contribution >= 0.6 is 11.3 Å². The SMILES string of the molecule is COc1ccc(C(=O)N(C)Cc2scnc2C)cc1O. The number of methoxy groups -OCH3 is 1. The zero-order valence-electron chi connectivity index (χ0n) is 11.6. The largest absolute Gasteiger partial charge is 0.504 e. The lowest BCUT2D eigenvalue weighted by Gasteiger charge is -2.17. The third-order valence-corrected chi connectivity index (χ3v) is 3.92. The van der Waals surface area contributed by atoms with E-state index in [9.17, 15) is 9.90 Å². The fourth-order valence-corrected chi connectivity index (χ4v) is 2.64. The van der Waals surface area contributed by atoms with Crippen LogP contribution in [0.5, 0.6) is 11.5 Å². The molecule has 1 heterocycles. The fourth-order valence-electron chi connectivity index (χ4n) is 1.81. The summed E-state index contributed by atoms with van der Waals surface area (Å²) in [5.74, 6) is 0.152. The molecule has 0 atom stereocenters. The topological polar surface area (TPSA) is 62.7 Å². The molecule has 2 rings (SSSR count). The van der Waals surface area contributed by atoms with E-state index in [1.54, 1.807) is 29.6 Å². The van der Waals surface area contributed by atoms with Gasteiger partial charge in [-0.1, -0.05) is 0 Å². The third kappa shape index (κ3) is 2.91. The van der Waals surface area contributed by atoms with Gasteiger partial charge in [0, 0.05) is 17.5 Å². The number of rotatable bonds is 4. The van der Waals surface area contributed by atoms with E-state index >= 15 is 0 Å². The van der Waals surface area contributed by atoms with E-state index in [1.807, 2.05) is 6.92 Å². The van der Waals surface area contributed by atoms with Crippen LogP contribution in [0.4, 0.5) is 0 Å². The first-order valence-electron chi connectivity index (χ1n) is 6.04. The molecule has 5 nitrogen and oxygen atoms in total. The van der Waals surface area contributed by atoms with E-state index in [1.165, 1.54) is 24.5 Å². The van der Waals surface area contributed by atoms with Crippen LogP contribution in [0, 0.1) is 6.92 Å². The first-order chi connectivity index (χ1) is 9.52. The summed E-state index contributed by atoms with van der Waals surface area (Å²) in [4.78, 5) is 19.1. The standard InChI is InChI=1S/C14H16N2O3S/c1-9-13(20-8-15-9)7-16(2)14(18)10-4-5-12(19-3)11(17)6-10/h4-6,8,17H,7H2,1-3H3. The number of aromatic hydroxyl groups is 1. The number of hydrogen-bond acceptors (Lipinski definition) is 5. The van der Waals surface area contributed by atoms with Gasteiger partial charge in [0.1, 0.15) is 0 Å². The van der Waals surface area contributed by atoms with Gasteiger partial charge in [0.15, 0.2) is 11.5 Å². The minimum Gasteiger partial charge on any atom is -0.504 e. The zero-order valence-corrected chi connectivity index (χ0v) is 12.4. The Morgan fingerprint density at radius 2 is 2.25 bits per heavy atom. The van der Waals surface area contributed by atoms with Crippen molar-refractivity contribution >= 4 is 17.2 Å². The highest BCUT2D eigenvalue weighted by Gasteiger charge is 2.15. The van der Waals surface area contributed by atoms with Gasteiger partial charge in [-0.3, -0.25) is 4.79 Å². The van der Waals surface area contributed by atoms with Crippen LogP contribution in [0.15, 0.2) is 23.7 Å². The van der Waals surface area contributed by atoms with E-state index < -0.39 is 0 Å². The van der Waals surface area contributed by atoms with Crippen molar-refractivity contribution in [1.29, 1.82) is 0 Å². The van der Waals surface area contributed by atoms with Gasteiger partial charge in [-0.2, -0.15) is 0 Å². The lowest BCUT2D eigenvalue weighted by molar-refractivity contribution is 0.0785. The van der Waals surface area contributed by atoms with Crippen molar-refractivity contribution in [2.45, 2.75) is 13.5 Å². The maximum Gasteiger partial charge on any atom is 0.254 e. The number of benzene rings is 1. The summed E-state index contributed by atoms with van der Waals surface area (Å²) in [6, 6.07) is 4.63. The van der Waals surface area contributed by atoms with Crippen LogP contribution in [0.1, 0.15) is 20.9 Å². The Morgan fingerprint density at radius 3 is 2.80 bits per heavy atom. The Balaban J connectivity index is 2.14. The van der Waals surface area contributed by atoms with E-state index in [4.69, 9.17) is 4.74 Å². The second-order valence-corrected chi connectivity index (χ2v) is 5.35. The second-order valence-electron chi connectivity index (χ2n) is 4.41. The molecule has 0 radical (unpaired) electrons. The number of nitrogens with zero attached hydrogens (tertiary/aromatic N) is 2. The first kappa shape index (κ1) is 14.3. The molecule has 0 aliphatic carbocycles. The number of amides is 1. The average Bonchev–Trinajstić information content (AvgIpc) is 2.83. The predicted molar refractivity (Wildman–Crippen MR) is 77.3 cm³/mol. The second kappa shape index (κ2) is 5.92. The van der Waals surface area contributed by atoms with E-state index in [-0.39, 0.29) is 11.7 Å². The molecular weight excluding hydrogens is 276 g/mol. The number of ether oxygens (including phenoxy) is 1. The third-order valence-electron chi connectivity index (χ3n) is 3.00. The summed E-state index contributed by atoms with van der Waals surface area (Å²) in [6.45, 7) is 2.42. The Kier molecular flexibility index (Phi) is 4.24. The molecule has 1 aromatic carbocycles. The summed E-state index contributed by atoms with van der Waals surface area (Å²) >= 11 is 1.53. The average molecular weight is 292 g/mol. The van der Waals surface area contributed by atoms with E-state index in [0.717, 1.165) is 10.6 Å². The molecule has 1 N–H and O–H groups in total. The van der Waals surface area contributed by atoms with Crippen LogP contribution in [-0.2, 0) is 6.54 Å². The normalized spacial score (nSPS) is 10.3. The van der Waals surface area contributed by atoms with Gasteiger partial charge < -0.3 is 14.7 Å². The van der Waals surface area contributed by atoms with Gasteiger partial charge in [0.05, 0.1) is 24.9 Å². The summed E-state index contributed by atoms with van der Waals surface area (Å²) in [7, 11) is 3.19. The summed E-state index contributed by atoms with van der Waals surface area (Å²) in [5, 5.41) is 9.72. The van der Waals surface area contributed by atoms with Crippen LogP contribution in [-0.4, -0.2) is 35.1 Å². The van der Waals surface area contributed by atoms with Crippen molar-refractivity contribution in [3.63, 3.8) is 0 Å². The minimum absolute atomic E-state index is 0.0410.